The lowest BCUT2D eigenvalue weighted by atomic mass is 10.1. The number of fused-ring (bicyclic) bond motifs is 2. The van der Waals surface area contributed by atoms with Gasteiger partial charge in [0.1, 0.15) is 12.2 Å². The van der Waals surface area contributed by atoms with Crippen LogP contribution >= 0.6 is 0 Å². The number of morpholine rings is 1. The first-order chi connectivity index (χ1) is 10.2. The minimum Gasteiger partial charge on any atom is -0.355 e. The lowest BCUT2D eigenvalue weighted by molar-refractivity contribution is -0.146. The highest BCUT2D eigenvalue weighted by molar-refractivity contribution is 6.19. The molecule has 112 valence electrons. The van der Waals surface area contributed by atoms with Crippen LogP contribution in [-0.4, -0.2) is 46.9 Å². The Morgan fingerprint density at radius 2 is 1.76 bits per heavy atom. The summed E-state index contributed by atoms with van der Waals surface area (Å²) in [6, 6.07) is 0.336. The molecule has 2 unspecified atom stereocenters. The number of carbonyl (C=O) groups excluding carboxylic acids is 2. The summed E-state index contributed by atoms with van der Waals surface area (Å²) in [5.74, 6) is -0.503. The minimum atomic E-state index is -0.463. The zero-order valence-electron chi connectivity index (χ0n) is 11.7. The van der Waals surface area contributed by atoms with Gasteiger partial charge in [-0.25, -0.2) is 4.90 Å². The zero-order chi connectivity index (χ0) is 14.4. The van der Waals surface area contributed by atoms with Crippen LogP contribution in [0.5, 0.6) is 0 Å². The second-order valence-corrected chi connectivity index (χ2v) is 5.86. The molecule has 3 fully saturated rings. The van der Waals surface area contributed by atoms with Crippen LogP contribution in [0.1, 0.15) is 31.7 Å². The molecule has 1 N–H and O–H groups in total. The first-order valence-electron chi connectivity index (χ1n) is 7.52. The van der Waals surface area contributed by atoms with Crippen molar-refractivity contribution in [2.45, 2.75) is 43.9 Å². The second kappa shape index (κ2) is 4.92. The number of hydrogen-bond acceptors (Lipinski definition) is 5. The molecule has 3 aliphatic heterocycles. The van der Waals surface area contributed by atoms with E-state index in [0.717, 1.165) is 25.9 Å². The van der Waals surface area contributed by atoms with Crippen molar-refractivity contribution in [3.63, 3.8) is 0 Å². The SMILES string of the molecule is O=C1C2CCC(O2)C(=O)N1c1cnn(C2CCNCC2)c1. The molecular formula is C14H18N4O3. The summed E-state index contributed by atoms with van der Waals surface area (Å²) >= 11 is 0. The van der Waals surface area contributed by atoms with E-state index in [0.29, 0.717) is 24.6 Å². The molecule has 4 rings (SSSR count). The fourth-order valence-electron chi connectivity index (χ4n) is 3.37. The van der Waals surface area contributed by atoms with Crippen molar-refractivity contribution in [3.05, 3.63) is 12.4 Å². The number of ether oxygens (including phenoxy) is 1. The molecule has 3 aliphatic rings. The maximum Gasteiger partial charge on any atom is 0.263 e. The Hall–Kier alpha value is -1.73. The molecule has 0 aromatic carbocycles. The predicted molar refractivity (Wildman–Crippen MR) is 73.8 cm³/mol. The molecule has 7 heteroatoms. The van der Waals surface area contributed by atoms with Gasteiger partial charge >= 0.3 is 0 Å². The largest absolute Gasteiger partial charge is 0.355 e. The minimum absolute atomic E-state index is 0.251. The van der Waals surface area contributed by atoms with E-state index in [9.17, 15) is 9.59 Å². The predicted octanol–water partition coefficient (Wildman–Crippen LogP) is 0.228. The molecule has 0 radical (unpaired) electrons. The van der Waals surface area contributed by atoms with Gasteiger partial charge in [-0.05, 0) is 38.8 Å². The van der Waals surface area contributed by atoms with Gasteiger partial charge in [-0.15, -0.1) is 0 Å². The highest BCUT2D eigenvalue weighted by Crippen LogP contribution is 2.32. The molecule has 2 bridgehead atoms. The lowest BCUT2D eigenvalue weighted by Gasteiger charge is -2.28. The number of nitrogens with one attached hydrogen (secondary N) is 1. The van der Waals surface area contributed by atoms with Gasteiger partial charge in [-0.1, -0.05) is 0 Å². The Morgan fingerprint density at radius 1 is 1.10 bits per heavy atom. The molecule has 3 saturated heterocycles. The molecule has 0 saturated carbocycles. The van der Waals surface area contributed by atoms with Crippen molar-refractivity contribution >= 4 is 17.5 Å². The third-order valence-electron chi connectivity index (χ3n) is 4.54. The molecule has 7 nitrogen and oxygen atoms in total. The van der Waals surface area contributed by atoms with Gasteiger partial charge in [0.2, 0.25) is 0 Å². The maximum atomic E-state index is 12.3. The normalized spacial score (nSPS) is 30.2. The van der Waals surface area contributed by atoms with Gasteiger partial charge < -0.3 is 10.1 Å². The van der Waals surface area contributed by atoms with Gasteiger partial charge in [-0.2, -0.15) is 5.10 Å². The number of carbonyl (C=O) groups is 2. The maximum absolute atomic E-state index is 12.3. The summed E-state index contributed by atoms with van der Waals surface area (Å²) in [5, 5.41) is 7.67. The number of rotatable bonds is 2. The van der Waals surface area contributed by atoms with Crippen molar-refractivity contribution in [2.24, 2.45) is 0 Å². The van der Waals surface area contributed by atoms with Crippen molar-refractivity contribution in [1.82, 2.24) is 15.1 Å². The number of hydrogen-bond donors (Lipinski definition) is 1. The van der Waals surface area contributed by atoms with Crippen LogP contribution in [0.3, 0.4) is 0 Å². The molecule has 1 aromatic rings. The third kappa shape index (κ3) is 2.08. The molecular weight excluding hydrogens is 272 g/mol. The topological polar surface area (TPSA) is 76.5 Å². The quantitative estimate of drug-likeness (QED) is 0.789. The van der Waals surface area contributed by atoms with E-state index in [4.69, 9.17) is 4.74 Å². The molecule has 2 atom stereocenters. The summed E-state index contributed by atoms with van der Waals surface area (Å²) in [4.78, 5) is 25.9. The van der Waals surface area contributed by atoms with Crippen LogP contribution in [0.25, 0.3) is 0 Å². The highest BCUT2D eigenvalue weighted by atomic mass is 16.5. The summed E-state index contributed by atoms with van der Waals surface area (Å²) in [6.45, 7) is 1.94. The van der Waals surface area contributed by atoms with Crippen LogP contribution in [0.2, 0.25) is 0 Å². The van der Waals surface area contributed by atoms with E-state index in [2.05, 4.69) is 10.4 Å². The van der Waals surface area contributed by atoms with Gasteiger partial charge in [0.05, 0.1) is 17.9 Å². The molecule has 2 amide bonds. The van der Waals surface area contributed by atoms with E-state index >= 15 is 0 Å². The van der Waals surface area contributed by atoms with Crippen molar-refractivity contribution in [2.75, 3.05) is 18.0 Å². The first-order valence-corrected chi connectivity index (χ1v) is 7.52. The molecule has 0 spiro atoms. The number of imide groups is 1. The van der Waals surface area contributed by atoms with Gasteiger partial charge in [0.25, 0.3) is 11.8 Å². The summed E-state index contributed by atoms with van der Waals surface area (Å²) < 4.78 is 7.30. The van der Waals surface area contributed by atoms with Crippen LogP contribution in [0, 0.1) is 0 Å². The Kier molecular flexibility index (Phi) is 3.04. The number of amides is 2. The lowest BCUT2D eigenvalue weighted by Crippen LogP contribution is -2.51. The van der Waals surface area contributed by atoms with Gasteiger partial charge in [0, 0.05) is 6.20 Å². The van der Waals surface area contributed by atoms with Crippen molar-refractivity contribution in [1.29, 1.82) is 0 Å². The van der Waals surface area contributed by atoms with E-state index in [-0.39, 0.29) is 11.8 Å². The fourth-order valence-corrected chi connectivity index (χ4v) is 3.37. The third-order valence-corrected chi connectivity index (χ3v) is 4.54. The number of piperidine rings is 1. The summed E-state index contributed by atoms with van der Waals surface area (Å²) in [6.07, 6.45) is 5.79. The van der Waals surface area contributed by atoms with Crippen LogP contribution in [0.4, 0.5) is 5.69 Å². The first kappa shape index (κ1) is 13.0. The van der Waals surface area contributed by atoms with Crippen LogP contribution < -0.4 is 10.2 Å². The van der Waals surface area contributed by atoms with E-state index < -0.39 is 12.2 Å². The average Bonchev–Trinajstić information content (AvgIpc) is 3.15. The molecule has 4 heterocycles. The Bertz CT molecular complexity index is 557. The fraction of sp³-hybridized carbons (Fsp3) is 0.643. The Labute approximate surface area is 122 Å². The monoisotopic (exact) mass is 290 g/mol. The van der Waals surface area contributed by atoms with Crippen molar-refractivity contribution in [3.8, 4) is 0 Å². The second-order valence-electron chi connectivity index (χ2n) is 5.86. The van der Waals surface area contributed by atoms with Crippen LogP contribution in [0.15, 0.2) is 12.4 Å². The highest BCUT2D eigenvalue weighted by Gasteiger charge is 2.47. The Balaban J connectivity index is 1.60. The van der Waals surface area contributed by atoms with E-state index in [1.807, 2.05) is 10.9 Å². The summed E-state index contributed by atoms with van der Waals surface area (Å²) in [7, 11) is 0. The number of aromatic nitrogens is 2. The summed E-state index contributed by atoms with van der Waals surface area (Å²) in [5.41, 5.74) is 0.573. The van der Waals surface area contributed by atoms with Crippen LogP contribution in [-0.2, 0) is 14.3 Å². The number of anilines is 1. The van der Waals surface area contributed by atoms with E-state index in [1.165, 1.54) is 4.90 Å². The average molecular weight is 290 g/mol. The van der Waals surface area contributed by atoms with Gasteiger partial charge in [-0.3, -0.25) is 14.3 Å². The molecule has 1 aromatic heterocycles. The molecule has 0 aliphatic carbocycles. The molecule has 21 heavy (non-hydrogen) atoms. The van der Waals surface area contributed by atoms with Crippen molar-refractivity contribution < 1.29 is 14.3 Å². The number of nitrogens with zero attached hydrogens (tertiary/aromatic N) is 3. The van der Waals surface area contributed by atoms with E-state index in [1.54, 1.807) is 6.20 Å². The smallest absolute Gasteiger partial charge is 0.263 e. The zero-order valence-corrected chi connectivity index (χ0v) is 11.7. The standard InChI is InChI=1S/C14H18N4O3/c19-13-11-1-2-12(21-11)14(20)18(13)10-7-16-17(8-10)9-3-5-15-6-4-9/h7-9,11-12,15H,1-6H2. The van der Waals surface area contributed by atoms with Gasteiger partial charge in [0.15, 0.2) is 0 Å². The Morgan fingerprint density at radius 3 is 2.43 bits per heavy atom.